The van der Waals surface area contributed by atoms with Crippen LogP contribution in [0.4, 0.5) is 0 Å². The van der Waals surface area contributed by atoms with Crippen molar-refractivity contribution in [1.82, 2.24) is 5.16 Å². The molecule has 0 aliphatic carbocycles. The van der Waals surface area contributed by atoms with Crippen LogP contribution < -0.4 is 9.47 Å². The molecule has 2 heterocycles. The molecule has 6 nitrogen and oxygen atoms in total. The maximum Gasteiger partial charge on any atom is 0.374 e. The van der Waals surface area contributed by atoms with Crippen molar-refractivity contribution in [1.29, 1.82) is 0 Å². The number of ether oxygens (including phenoxy) is 2. The average molecular weight is 275 g/mol. The lowest BCUT2D eigenvalue weighted by Crippen LogP contribution is -2.16. The Kier molecular flexibility index (Phi) is 2.85. The lowest BCUT2D eigenvalue weighted by molar-refractivity contribution is 0.0652. The molecule has 0 amide bonds. The van der Waals surface area contributed by atoms with Gasteiger partial charge in [-0.3, -0.25) is 0 Å². The molecule has 0 atom stereocenters. The van der Waals surface area contributed by atoms with Crippen LogP contribution in [-0.4, -0.2) is 29.4 Å². The number of nitrogens with zero attached hydrogens (tertiary/aromatic N) is 1. The van der Waals surface area contributed by atoms with Gasteiger partial charge in [0.1, 0.15) is 18.9 Å². The zero-order chi connectivity index (χ0) is 14.3. The molecule has 2 aromatic rings. The topological polar surface area (TPSA) is 81.8 Å². The van der Waals surface area contributed by atoms with Gasteiger partial charge >= 0.3 is 5.97 Å². The SMILES string of the molecule is Cc1cc2c(c(-c3cc(C(=O)O)on3)c1C)OCCO2. The van der Waals surface area contributed by atoms with Crippen LogP contribution in [0.3, 0.4) is 0 Å². The first kappa shape index (κ1) is 12.5. The van der Waals surface area contributed by atoms with Gasteiger partial charge in [0.2, 0.25) is 5.76 Å². The summed E-state index contributed by atoms with van der Waals surface area (Å²) in [4.78, 5) is 10.9. The second-order valence-electron chi connectivity index (χ2n) is 4.60. The minimum absolute atomic E-state index is 0.202. The first-order valence-electron chi connectivity index (χ1n) is 6.18. The van der Waals surface area contributed by atoms with Crippen molar-refractivity contribution < 1.29 is 23.9 Å². The summed E-state index contributed by atoms with van der Waals surface area (Å²) in [5, 5.41) is 12.7. The van der Waals surface area contributed by atoms with Crippen LogP contribution in [-0.2, 0) is 0 Å². The van der Waals surface area contributed by atoms with Gasteiger partial charge in [-0.2, -0.15) is 0 Å². The normalized spacial score (nSPS) is 13.3. The number of fused-ring (bicyclic) bond motifs is 1. The molecule has 1 aliphatic heterocycles. The molecule has 0 spiro atoms. The van der Waals surface area contributed by atoms with E-state index in [1.54, 1.807) is 0 Å². The van der Waals surface area contributed by atoms with Crippen molar-refractivity contribution in [2.75, 3.05) is 13.2 Å². The second-order valence-corrected chi connectivity index (χ2v) is 4.60. The maximum atomic E-state index is 10.9. The monoisotopic (exact) mass is 275 g/mol. The number of hydrogen-bond donors (Lipinski definition) is 1. The van der Waals surface area contributed by atoms with E-state index < -0.39 is 5.97 Å². The van der Waals surface area contributed by atoms with E-state index in [1.807, 2.05) is 19.9 Å². The van der Waals surface area contributed by atoms with Crippen LogP contribution in [0.1, 0.15) is 21.7 Å². The van der Waals surface area contributed by atoms with Crippen molar-refractivity contribution >= 4 is 5.97 Å². The van der Waals surface area contributed by atoms with Crippen LogP contribution in [0.2, 0.25) is 0 Å². The highest BCUT2D eigenvalue weighted by atomic mass is 16.6. The Balaban J connectivity index is 2.20. The van der Waals surface area contributed by atoms with E-state index in [9.17, 15) is 4.79 Å². The van der Waals surface area contributed by atoms with E-state index >= 15 is 0 Å². The van der Waals surface area contributed by atoms with Gasteiger partial charge in [0.15, 0.2) is 11.5 Å². The summed E-state index contributed by atoms with van der Waals surface area (Å²) in [5.41, 5.74) is 3.13. The summed E-state index contributed by atoms with van der Waals surface area (Å²) in [7, 11) is 0. The van der Waals surface area contributed by atoms with Crippen LogP contribution in [0, 0.1) is 13.8 Å². The third kappa shape index (κ3) is 1.89. The number of benzene rings is 1. The molecule has 6 heteroatoms. The predicted octanol–water partition coefficient (Wildman–Crippen LogP) is 2.43. The molecule has 1 aliphatic rings. The number of aryl methyl sites for hydroxylation is 1. The Bertz CT molecular complexity index is 689. The Hall–Kier alpha value is -2.50. The van der Waals surface area contributed by atoms with Gasteiger partial charge in [-0.05, 0) is 31.0 Å². The molecule has 1 N–H and O–H groups in total. The van der Waals surface area contributed by atoms with Gasteiger partial charge in [-0.25, -0.2) is 4.79 Å². The summed E-state index contributed by atoms with van der Waals surface area (Å²) >= 11 is 0. The number of hydrogen-bond acceptors (Lipinski definition) is 5. The number of rotatable bonds is 2. The average Bonchev–Trinajstić information content (AvgIpc) is 2.90. The van der Waals surface area contributed by atoms with Crippen LogP contribution in [0.15, 0.2) is 16.7 Å². The molecule has 0 bridgehead atoms. The Morgan fingerprint density at radius 2 is 2.00 bits per heavy atom. The van der Waals surface area contributed by atoms with Crippen LogP contribution in [0.25, 0.3) is 11.3 Å². The van der Waals surface area contributed by atoms with Crippen LogP contribution >= 0.6 is 0 Å². The predicted molar refractivity (Wildman–Crippen MR) is 69.4 cm³/mol. The van der Waals surface area contributed by atoms with Gasteiger partial charge in [0, 0.05) is 6.07 Å². The smallest absolute Gasteiger partial charge is 0.374 e. The molecule has 0 unspecified atom stereocenters. The van der Waals surface area contributed by atoms with Gasteiger partial charge in [0.25, 0.3) is 0 Å². The first-order valence-corrected chi connectivity index (χ1v) is 6.18. The number of carboxylic acid groups (broad SMARTS) is 1. The molecule has 104 valence electrons. The van der Waals surface area contributed by atoms with Crippen molar-refractivity contribution in [2.24, 2.45) is 0 Å². The molecular weight excluding hydrogens is 262 g/mol. The van der Waals surface area contributed by atoms with E-state index in [0.29, 0.717) is 30.4 Å². The van der Waals surface area contributed by atoms with E-state index in [1.165, 1.54) is 6.07 Å². The zero-order valence-corrected chi connectivity index (χ0v) is 11.1. The van der Waals surface area contributed by atoms with E-state index in [0.717, 1.165) is 16.7 Å². The number of carbonyl (C=O) groups is 1. The molecule has 0 radical (unpaired) electrons. The molecule has 1 aromatic carbocycles. The summed E-state index contributed by atoms with van der Waals surface area (Å²) in [5.74, 6) is -0.120. The summed E-state index contributed by atoms with van der Waals surface area (Å²) in [6, 6.07) is 3.30. The summed E-state index contributed by atoms with van der Waals surface area (Å²) < 4.78 is 16.1. The minimum Gasteiger partial charge on any atom is -0.486 e. The number of carboxylic acids is 1. The van der Waals surface area contributed by atoms with E-state index in [-0.39, 0.29) is 5.76 Å². The molecular formula is C14H13NO5. The molecule has 1 aromatic heterocycles. The fourth-order valence-corrected chi connectivity index (χ4v) is 2.21. The molecule has 0 saturated carbocycles. The maximum absolute atomic E-state index is 10.9. The number of aromatic nitrogens is 1. The van der Waals surface area contributed by atoms with Crippen molar-refractivity contribution in [2.45, 2.75) is 13.8 Å². The van der Waals surface area contributed by atoms with Crippen molar-refractivity contribution in [3.8, 4) is 22.8 Å². The Morgan fingerprint density at radius 1 is 1.25 bits per heavy atom. The van der Waals surface area contributed by atoms with Crippen LogP contribution in [0.5, 0.6) is 11.5 Å². The first-order chi connectivity index (χ1) is 9.58. The lowest BCUT2D eigenvalue weighted by Gasteiger charge is -2.22. The number of aromatic carboxylic acids is 1. The van der Waals surface area contributed by atoms with Gasteiger partial charge < -0.3 is 19.1 Å². The highest BCUT2D eigenvalue weighted by Gasteiger charge is 2.24. The third-order valence-electron chi connectivity index (χ3n) is 3.33. The molecule has 0 saturated heterocycles. The Morgan fingerprint density at radius 3 is 2.70 bits per heavy atom. The standard InChI is InChI=1S/C14H13NO5/c1-7-5-10-13(19-4-3-18-10)12(8(7)2)9-6-11(14(16)17)20-15-9/h5-6H,3-4H2,1-2H3,(H,16,17). The highest BCUT2D eigenvalue weighted by molar-refractivity contribution is 5.87. The van der Waals surface area contributed by atoms with Gasteiger partial charge in [-0.1, -0.05) is 5.16 Å². The summed E-state index contributed by atoms with van der Waals surface area (Å²) in [6.07, 6.45) is 0. The fraction of sp³-hybridized carbons (Fsp3) is 0.286. The van der Waals surface area contributed by atoms with Gasteiger partial charge in [0.05, 0.1) is 5.56 Å². The zero-order valence-electron chi connectivity index (χ0n) is 11.1. The second kappa shape index (κ2) is 4.56. The quantitative estimate of drug-likeness (QED) is 0.906. The molecule has 20 heavy (non-hydrogen) atoms. The van der Waals surface area contributed by atoms with Crippen molar-refractivity contribution in [3.63, 3.8) is 0 Å². The fourth-order valence-electron chi connectivity index (χ4n) is 2.21. The third-order valence-corrected chi connectivity index (χ3v) is 3.33. The minimum atomic E-state index is -1.15. The van der Waals surface area contributed by atoms with Crippen molar-refractivity contribution in [3.05, 3.63) is 29.0 Å². The Labute approximate surface area is 114 Å². The van der Waals surface area contributed by atoms with E-state index in [2.05, 4.69) is 5.16 Å². The molecule has 3 rings (SSSR count). The summed E-state index contributed by atoms with van der Waals surface area (Å²) in [6.45, 7) is 4.83. The van der Waals surface area contributed by atoms with Gasteiger partial charge in [-0.15, -0.1) is 0 Å². The molecule has 0 fully saturated rings. The lowest BCUT2D eigenvalue weighted by atomic mass is 9.98. The highest BCUT2D eigenvalue weighted by Crippen LogP contribution is 2.43. The van der Waals surface area contributed by atoms with E-state index in [4.69, 9.17) is 19.1 Å². The largest absolute Gasteiger partial charge is 0.486 e.